The molecule has 0 aliphatic carbocycles. The number of para-hydroxylation sites is 1. The second-order valence-electron chi connectivity index (χ2n) is 5.67. The minimum Gasteiger partial charge on any atom is -0.493 e. The first kappa shape index (κ1) is 16.8. The third kappa shape index (κ3) is 6.38. The molecule has 0 fully saturated rings. The zero-order valence-electron chi connectivity index (χ0n) is 13.6. The fourth-order valence-corrected chi connectivity index (χ4v) is 1.88. The van der Waals surface area contributed by atoms with Crippen LogP contribution in [0.5, 0.6) is 5.75 Å². The van der Waals surface area contributed by atoms with Gasteiger partial charge in [-0.2, -0.15) is 0 Å². The zero-order valence-corrected chi connectivity index (χ0v) is 13.6. The summed E-state index contributed by atoms with van der Waals surface area (Å²) in [5, 5.41) is 6.04. The van der Waals surface area contributed by atoms with Crippen molar-refractivity contribution in [2.45, 2.75) is 20.3 Å². The van der Waals surface area contributed by atoms with Crippen LogP contribution >= 0.6 is 0 Å². The molecule has 1 aromatic heterocycles. The van der Waals surface area contributed by atoms with Crippen LogP contribution < -0.4 is 15.4 Å². The number of carbonyl (C=O) groups is 1. The van der Waals surface area contributed by atoms with Crippen molar-refractivity contribution in [2.75, 3.05) is 23.8 Å². The van der Waals surface area contributed by atoms with Gasteiger partial charge in [0.05, 0.1) is 24.9 Å². The summed E-state index contributed by atoms with van der Waals surface area (Å²) in [5.41, 5.74) is 0.948. The SMILES string of the molecule is CC(C)CNc1ccc(NC(=O)CCOc2ccccc2)nc1. The topological polar surface area (TPSA) is 63.2 Å². The molecule has 23 heavy (non-hydrogen) atoms. The van der Waals surface area contributed by atoms with Gasteiger partial charge in [0, 0.05) is 6.54 Å². The number of benzene rings is 1. The molecule has 5 nitrogen and oxygen atoms in total. The van der Waals surface area contributed by atoms with Crippen molar-refractivity contribution in [1.29, 1.82) is 0 Å². The normalized spacial score (nSPS) is 10.4. The molecular weight excluding hydrogens is 290 g/mol. The number of carbonyl (C=O) groups excluding carboxylic acids is 1. The third-order valence-electron chi connectivity index (χ3n) is 3.09. The average Bonchev–Trinajstić information content (AvgIpc) is 2.55. The Morgan fingerprint density at radius 1 is 1.17 bits per heavy atom. The Labute approximate surface area is 137 Å². The Kier molecular flexibility index (Phi) is 6.41. The van der Waals surface area contributed by atoms with E-state index >= 15 is 0 Å². The molecular formula is C18H23N3O2. The van der Waals surface area contributed by atoms with Gasteiger partial charge < -0.3 is 15.4 Å². The molecule has 5 heteroatoms. The van der Waals surface area contributed by atoms with E-state index in [1.165, 1.54) is 0 Å². The van der Waals surface area contributed by atoms with E-state index in [1.54, 1.807) is 12.3 Å². The van der Waals surface area contributed by atoms with E-state index in [-0.39, 0.29) is 12.3 Å². The van der Waals surface area contributed by atoms with Gasteiger partial charge in [-0.25, -0.2) is 4.98 Å². The van der Waals surface area contributed by atoms with Gasteiger partial charge in [-0.15, -0.1) is 0 Å². The van der Waals surface area contributed by atoms with Gasteiger partial charge in [-0.3, -0.25) is 4.79 Å². The molecule has 0 atom stereocenters. The van der Waals surface area contributed by atoms with E-state index < -0.39 is 0 Å². The van der Waals surface area contributed by atoms with Gasteiger partial charge in [0.15, 0.2) is 0 Å². The number of hydrogen-bond donors (Lipinski definition) is 2. The Morgan fingerprint density at radius 3 is 2.61 bits per heavy atom. The predicted octanol–water partition coefficient (Wildman–Crippen LogP) is 3.56. The quantitative estimate of drug-likeness (QED) is 0.782. The lowest BCUT2D eigenvalue weighted by Crippen LogP contribution is -2.16. The first-order chi connectivity index (χ1) is 11.1. The minimum absolute atomic E-state index is 0.115. The summed E-state index contributed by atoms with van der Waals surface area (Å²) in [6, 6.07) is 13.1. The van der Waals surface area contributed by atoms with Gasteiger partial charge in [0.25, 0.3) is 0 Å². The number of hydrogen-bond acceptors (Lipinski definition) is 4. The number of rotatable bonds is 8. The molecule has 1 aromatic carbocycles. The molecule has 122 valence electrons. The monoisotopic (exact) mass is 313 g/mol. The highest BCUT2D eigenvalue weighted by molar-refractivity contribution is 5.89. The van der Waals surface area contributed by atoms with Crippen LogP contribution in [0, 0.1) is 5.92 Å². The highest BCUT2D eigenvalue weighted by Crippen LogP contribution is 2.11. The Morgan fingerprint density at radius 2 is 1.96 bits per heavy atom. The van der Waals surface area contributed by atoms with Crippen LogP contribution in [0.1, 0.15) is 20.3 Å². The Balaban J connectivity index is 1.72. The lowest BCUT2D eigenvalue weighted by atomic mass is 10.2. The summed E-state index contributed by atoms with van der Waals surface area (Å²) in [6.45, 7) is 5.52. The number of aromatic nitrogens is 1. The Bertz CT molecular complexity index is 597. The van der Waals surface area contributed by atoms with Crippen molar-refractivity contribution in [3.05, 3.63) is 48.7 Å². The molecule has 0 spiro atoms. The molecule has 2 rings (SSSR count). The van der Waals surface area contributed by atoms with Gasteiger partial charge in [0.1, 0.15) is 11.6 Å². The average molecular weight is 313 g/mol. The van der Waals surface area contributed by atoms with Crippen molar-refractivity contribution in [2.24, 2.45) is 5.92 Å². The molecule has 0 aliphatic heterocycles. The van der Waals surface area contributed by atoms with Gasteiger partial charge in [-0.05, 0) is 30.2 Å². The largest absolute Gasteiger partial charge is 0.493 e. The number of nitrogens with zero attached hydrogens (tertiary/aromatic N) is 1. The molecule has 0 saturated carbocycles. The standard InChI is InChI=1S/C18H23N3O2/c1-14(2)12-19-15-8-9-17(20-13-15)21-18(22)10-11-23-16-6-4-3-5-7-16/h3-9,13-14,19H,10-12H2,1-2H3,(H,20,21,22). The number of ether oxygens (including phenoxy) is 1. The molecule has 1 amide bonds. The van der Waals surface area contributed by atoms with Crippen molar-refractivity contribution in [3.63, 3.8) is 0 Å². The van der Waals surface area contributed by atoms with E-state index in [1.807, 2.05) is 36.4 Å². The van der Waals surface area contributed by atoms with Crippen LogP contribution in [0.25, 0.3) is 0 Å². The molecule has 0 aliphatic rings. The summed E-state index contributed by atoms with van der Waals surface area (Å²) in [5.74, 6) is 1.76. The van der Waals surface area contributed by atoms with Crippen molar-refractivity contribution in [1.82, 2.24) is 4.98 Å². The minimum atomic E-state index is -0.115. The van der Waals surface area contributed by atoms with Crippen LogP contribution in [-0.2, 0) is 4.79 Å². The lowest BCUT2D eigenvalue weighted by molar-refractivity contribution is -0.116. The van der Waals surface area contributed by atoms with Gasteiger partial charge in [-0.1, -0.05) is 32.0 Å². The molecule has 1 heterocycles. The fourth-order valence-electron chi connectivity index (χ4n) is 1.88. The molecule has 2 aromatic rings. The maximum atomic E-state index is 11.9. The van der Waals surface area contributed by atoms with Crippen molar-refractivity contribution in [3.8, 4) is 5.75 Å². The first-order valence-corrected chi connectivity index (χ1v) is 7.81. The van der Waals surface area contributed by atoms with Gasteiger partial charge in [0.2, 0.25) is 5.91 Å². The summed E-state index contributed by atoms with van der Waals surface area (Å²) >= 11 is 0. The highest BCUT2D eigenvalue weighted by Gasteiger charge is 2.04. The molecule has 2 N–H and O–H groups in total. The second-order valence-corrected chi connectivity index (χ2v) is 5.67. The lowest BCUT2D eigenvalue weighted by Gasteiger charge is -2.10. The number of amides is 1. The zero-order chi connectivity index (χ0) is 16.5. The predicted molar refractivity (Wildman–Crippen MR) is 92.7 cm³/mol. The van der Waals surface area contributed by atoms with Crippen LogP contribution in [0.4, 0.5) is 11.5 Å². The fraction of sp³-hybridized carbons (Fsp3) is 0.333. The number of pyridine rings is 1. The summed E-state index contributed by atoms with van der Waals surface area (Å²) in [6.07, 6.45) is 2.00. The summed E-state index contributed by atoms with van der Waals surface area (Å²) in [7, 11) is 0. The molecule has 0 bridgehead atoms. The molecule has 0 saturated heterocycles. The van der Waals surface area contributed by atoms with Crippen LogP contribution in [0.15, 0.2) is 48.7 Å². The third-order valence-corrected chi connectivity index (χ3v) is 3.09. The van der Waals surface area contributed by atoms with Crippen LogP contribution in [0.3, 0.4) is 0 Å². The maximum Gasteiger partial charge on any atom is 0.228 e. The van der Waals surface area contributed by atoms with Gasteiger partial charge >= 0.3 is 0 Å². The Hall–Kier alpha value is -2.56. The van der Waals surface area contributed by atoms with E-state index in [4.69, 9.17) is 4.74 Å². The van der Waals surface area contributed by atoms with E-state index in [0.29, 0.717) is 18.3 Å². The van der Waals surface area contributed by atoms with E-state index in [2.05, 4.69) is 29.5 Å². The van der Waals surface area contributed by atoms with Crippen molar-refractivity contribution < 1.29 is 9.53 Å². The van der Waals surface area contributed by atoms with Crippen LogP contribution in [0.2, 0.25) is 0 Å². The highest BCUT2D eigenvalue weighted by atomic mass is 16.5. The summed E-state index contributed by atoms with van der Waals surface area (Å²) < 4.78 is 5.50. The smallest absolute Gasteiger partial charge is 0.228 e. The maximum absolute atomic E-state index is 11.9. The summed E-state index contributed by atoms with van der Waals surface area (Å²) in [4.78, 5) is 16.1. The second kappa shape index (κ2) is 8.78. The number of nitrogens with one attached hydrogen (secondary N) is 2. The molecule has 0 radical (unpaired) electrons. The van der Waals surface area contributed by atoms with E-state index in [0.717, 1.165) is 18.0 Å². The number of anilines is 2. The van der Waals surface area contributed by atoms with E-state index in [9.17, 15) is 4.79 Å². The van der Waals surface area contributed by atoms with Crippen LogP contribution in [-0.4, -0.2) is 24.0 Å². The first-order valence-electron chi connectivity index (χ1n) is 7.81. The molecule has 0 unspecified atom stereocenters. The van der Waals surface area contributed by atoms with Crippen molar-refractivity contribution >= 4 is 17.4 Å².